The van der Waals surface area contributed by atoms with E-state index < -0.39 is 10.0 Å². The summed E-state index contributed by atoms with van der Waals surface area (Å²) in [6, 6.07) is 8.49. The van der Waals surface area contributed by atoms with E-state index in [1.54, 1.807) is 24.3 Å². The molecule has 2 aromatic rings. The first-order chi connectivity index (χ1) is 12.3. The van der Waals surface area contributed by atoms with Crippen LogP contribution in [0.5, 0.6) is 0 Å². The summed E-state index contributed by atoms with van der Waals surface area (Å²) in [4.78, 5) is 13.5. The van der Waals surface area contributed by atoms with E-state index in [1.165, 1.54) is 15.6 Å². The first-order valence-corrected chi connectivity index (χ1v) is 11.1. The number of carbonyl (C=O) groups excluding carboxylic acids is 1. The van der Waals surface area contributed by atoms with Crippen molar-refractivity contribution in [2.75, 3.05) is 13.1 Å². The van der Waals surface area contributed by atoms with Crippen molar-refractivity contribution in [3.05, 3.63) is 51.7 Å². The summed E-state index contributed by atoms with van der Waals surface area (Å²) in [6.07, 6.45) is 0.818. The number of carbonyl (C=O) groups is 1. The minimum absolute atomic E-state index is 0.0933. The molecule has 1 amide bonds. The highest BCUT2D eigenvalue weighted by Gasteiger charge is 2.22. The summed E-state index contributed by atoms with van der Waals surface area (Å²) in [5.74, 6) is -0.0933. The maximum Gasteiger partial charge on any atom is 0.262 e. The first kappa shape index (κ1) is 20.6. The Morgan fingerprint density at radius 1 is 1.12 bits per heavy atom. The van der Waals surface area contributed by atoms with Gasteiger partial charge in [0.25, 0.3) is 5.91 Å². The van der Waals surface area contributed by atoms with Crippen molar-refractivity contribution in [3.63, 3.8) is 0 Å². The van der Waals surface area contributed by atoms with Crippen LogP contribution in [0.3, 0.4) is 0 Å². The normalized spacial score (nSPS) is 13.0. The molecule has 0 spiro atoms. The molecular formula is C19H26N2O3S2. The second-order valence-electron chi connectivity index (χ2n) is 5.98. The zero-order valence-electron chi connectivity index (χ0n) is 15.7. The van der Waals surface area contributed by atoms with Crippen molar-refractivity contribution in [1.29, 1.82) is 0 Å². The quantitative estimate of drug-likeness (QED) is 0.740. The average Bonchev–Trinajstić information content (AvgIpc) is 3.11. The smallest absolute Gasteiger partial charge is 0.262 e. The standard InChI is InChI=1S/C19H26N2O3S2/c1-5-15-12-13-25-18(15)19(22)20-14(4)16-8-10-17(11-9-16)26(23,24)21(6-2)7-3/h8-14H,5-7H2,1-4H3,(H,20,22). The maximum absolute atomic E-state index is 12.5. The number of sulfonamides is 1. The number of thiophene rings is 1. The van der Waals surface area contributed by atoms with Gasteiger partial charge in [0, 0.05) is 13.1 Å². The lowest BCUT2D eigenvalue weighted by Crippen LogP contribution is -2.30. The third-order valence-corrected chi connectivity index (χ3v) is 7.42. The second-order valence-corrected chi connectivity index (χ2v) is 8.84. The van der Waals surface area contributed by atoms with E-state index in [9.17, 15) is 13.2 Å². The lowest BCUT2D eigenvalue weighted by Gasteiger charge is -2.19. The molecule has 26 heavy (non-hydrogen) atoms. The highest BCUT2D eigenvalue weighted by Crippen LogP contribution is 2.22. The molecule has 0 aliphatic carbocycles. The van der Waals surface area contributed by atoms with Gasteiger partial charge in [0.1, 0.15) is 0 Å². The zero-order chi connectivity index (χ0) is 19.3. The fourth-order valence-corrected chi connectivity index (χ4v) is 5.16. The van der Waals surface area contributed by atoms with Crippen molar-refractivity contribution < 1.29 is 13.2 Å². The number of hydrogen-bond acceptors (Lipinski definition) is 4. The lowest BCUT2D eigenvalue weighted by atomic mass is 10.1. The predicted octanol–water partition coefficient (Wildman–Crippen LogP) is 3.83. The van der Waals surface area contributed by atoms with E-state index >= 15 is 0 Å². The van der Waals surface area contributed by atoms with E-state index in [0.29, 0.717) is 13.1 Å². The molecule has 0 aliphatic heterocycles. The number of nitrogens with one attached hydrogen (secondary N) is 1. The number of aryl methyl sites for hydroxylation is 1. The van der Waals surface area contributed by atoms with Crippen LogP contribution in [0.1, 0.15) is 54.5 Å². The Balaban J connectivity index is 2.14. The van der Waals surface area contributed by atoms with Gasteiger partial charge in [-0.15, -0.1) is 11.3 Å². The molecule has 0 saturated carbocycles. The van der Waals surface area contributed by atoms with Crippen LogP contribution in [0, 0.1) is 0 Å². The molecule has 142 valence electrons. The zero-order valence-corrected chi connectivity index (χ0v) is 17.3. The van der Waals surface area contributed by atoms with E-state index in [0.717, 1.165) is 22.4 Å². The summed E-state index contributed by atoms with van der Waals surface area (Å²) < 4.78 is 26.5. The molecular weight excluding hydrogens is 368 g/mol. The van der Waals surface area contributed by atoms with Crippen LogP contribution in [0.15, 0.2) is 40.6 Å². The van der Waals surface area contributed by atoms with Crippen LogP contribution in [0.2, 0.25) is 0 Å². The Kier molecular flexibility index (Phi) is 6.97. The van der Waals surface area contributed by atoms with Crippen molar-refractivity contribution >= 4 is 27.3 Å². The molecule has 2 rings (SSSR count). The van der Waals surface area contributed by atoms with E-state index in [1.807, 2.05) is 39.1 Å². The van der Waals surface area contributed by atoms with Crippen molar-refractivity contribution in [1.82, 2.24) is 9.62 Å². The fraction of sp³-hybridized carbons (Fsp3) is 0.421. The average molecular weight is 395 g/mol. The molecule has 1 N–H and O–H groups in total. The van der Waals surface area contributed by atoms with E-state index in [2.05, 4.69) is 5.32 Å². The number of hydrogen-bond donors (Lipinski definition) is 1. The van der Waals surface area contributed by atoms with Crippen LogP contribution in [0.25, 0.3) is 0 Å². The minimum Gasteiger partial charge on any atom is -0.345 e. The molecule has 0 saturated heterocycles. The topological polar surface area (TPSA) is 66.5 Å². The first-order valence-electron chi connectivity index (χ1n) is 8.82. The van der Waals surface area contributed by atoms with Gasteiger partial charge in [-0.3, -0.25) is 4.79 Å². The largest absolute Gasteiger partial charge is 0.345 e. The molecule has 5 nitrogen and oxygen atoms in total. The van der Waals surface area contributed by atoms with Crippen molar-refractivity contribution in [2.45, 2.75) is 45.1 Å². The summed E-state index contributed by atoms with van der Waals surface area (Å²) in [5.41, 5.74) is 1.91. The lowest BCUT2D eigenvalue weighted by molar-refractivity contribution is 0.0943. The molecule has 1 aromatic carbocycles. The van der Waals surface area contributed by atoms with Crippen LogP contribution in [0.4, 0.5) is 0 Å². The summed E-state index contributed by atoms with van der Waals surface area (Å²) in [6.45, 7) is 8.44. The molecule has 1 heterocycles. The summed E-state index contributed by atoms with van der Waals surface area (Å²) in [5, 5.41) is 4.91. The number of amides is 1. The maximum atomic E-state index is 12.5. The molecule has 1 unspecified atom stereocenters. The molecule has 0 fully saturated rings. The third kappa shape index (κ3) is 4.34. The Hall–Kier alpha value is -1.70. The van der Waals surface area contributed by atoms with Crippen LogP contribution >= 0.6 is 11.3 Å². The van der Waals surface area contributed by atoms with Gasteiger partial charge in [0.2, 0.25) is 10.0 Å². The molecule has 1 atom stereocenters. The molecule has 0 bridgehead atoms. The highest BCUT2D eigenvalue weighted by atomic mass is 32.2. The van der Waals surface area contributed by atoms with Crippen molar-refractivity contribution in [2.24, 2.45) is 0 Å². The van der Waals surface area contributed by atoms with Gasteiger partial charge >= 0.3 is 0 Å². The van der Waals surface area contributed by atoms with Gasteiger partial charge < -0.3 is 5.32 Å². The van der Waals surface area contributed by atoms with Gasteiger partial charge in [-0.05, 0) is 48.1 Å². The van der Waals surface area contributed by atoms with Crippen molar-refractivity contribution in [3.8, 4) is 0 Å². The van der Waals surface area contributed by atoms with Crippen LogP contribution in [-0.2, 0) is 16.4 Å². The molecule has 1 aromatic heterocycles. The van der Waals surface area contributed by atoms with Crippen LogP contribution in [-0.4, -0.2) is 31.7 Å². The van der Waals surface area contributed by atoms with Gasteiger partial charge in [0.15, 0.2) is 0 Å². The van der Waals surface area contributed by atoms with Crippen LogP contribution < -0.4 is 5.32 Å². The summed E-state index contributed by atoms with van der Waals surface area (Å²) >= 11 is 1.44. The number of benzene rings is 1. The van der Waals surface area contributed by atoms with E-state index in [-0.39, 0.29) is 16.8 Å². The monoisotopic (exact) mass is 394 g/mol. The minimum atomic E-state index is -3.46. The molecule has 0 radical (unpaired) electrons. The Labute approximate surface area is 160 Å². The third-order valence-electron chi connectivity index (χ3n) is 4.40. The summed E-state index contributed by atoms with van der Waals surface area (Å²) in [7, 11) is -3.46. The predicted molar refractivity (Wildman–Crippen MR) is 106 cm³/mol. The SMILES string of the molecule is CCc1ccsc1C(=O)NC(C)c1ccc(S(=O)(=O)N(CC)CC)cc1. The Morgan fingerprint density at radius 3 is 2.27 bits per heavy atom. The molecule has 0 aliphatic rings. The molecule has 7 heteroatoms. The van der Waals surface area contributed by atoms with Gasteiger partial charge in [-0.2, -0.15) is 4.31 Å². The number of nitrogens with zero attached hydrogens (tertiary/aromatic N) is 1. The Bertz CT molecular complexity index is 838. The highest BCUT2D eigenvalue weighted by molar-refractivity contribution is 7.89. The Morgan fingerprint density at radius 2 is 1.73 bits per heavy atom. The van der Waals surface area contributed by atoms with Gasteiger partial charge in [-0.1, -0.05) is 32.9 Å². The number of rotatable bonds is 8. The van der Waals surface area contributed by atoms with Gasteiger partial charge in [0.05, 0.1) is 15.8 Å². The van der Waals surface area contributed by atoms with E-state index in [4.69, 9.17) is 0 Å². The van der Waals surface area contributed by atoms with Gasteiger partial charge in [-0.25, -0.2) is 8.42 Å². The second kappa shape index (κ2) is 8.79. The fourth-order valence-electron chi connectivity index (χ4n) is 2.80.